The summed E-state index contributed by atoms with van der Waals surface area (Å²) in [6.45, 7) is 0. The number of rotatable bonds is 3. The average molecular weight is 278 g/mol. The molecule has 2 aromatic rings. The van der Waals surface area contributed by atoms with Crippen LogP contribution in [0.3, 0.4) is 0 Å². The van der Waals surface area contributed by atoms with E-state index in [2.05, 4.69) is 15.5 Å². The first kappa shape index (κ1) is 13.0. The summed E-state index contributed by atoms with van der Waals surface area (Å²) in [5.74, 6) is 0.298. The molecule has 0 spiro atoms. The molecule has 1 heterocycles. The van der Waals surface area contributed by atoms with E-state index < -0.39 is 6.09 Å². The van der Waals surface area contributed by atoms with Gasteiger partial charge >= 0.3 is 6.09 Å². The second-order valence-corrected chi connectivity index (χ2v) is 3.86. The van der Waals surface area contributed by atoms with E-state index in [1.54, 1.807) is 12.1 Å². The third-order valence-electron chi connectivity index (χ3n) is 2.13. The van der Waals surface area contributed by atoms with Crippen LogP contribution in [0, 0.1) is 4.91 Å². The zero-order valence-corrected chi connectivity index (χ0v) is 10.3. The first-order valence-corrected chi connectivity index (χ1v) is 5.59. The van der Waals surface area contributed by atoms with Gasteiger partial charge in [-0.25, -0.2) is 9.78 Å². The molecule has 1 aromatic carbocycles. The van der Waals surface area contributed by atoms with Gasteiger partial charge in [-0.1, -0.05) is 11.6 Å². The monoisotopic (exact) mass is 277 g/mol. The molecule has 0 fully saturated rings. The number of carbonyl (C=O) groups excluding carboxylic acids is 1. The molecule has 7 heteroatoms. The van der Waals surface area contributed by atoms with Crippen molar-refractivity contribution in [2.75, 3.05) is 5.32 Å². The maximum Gasteiger partial charge on any atom is 0.417 e. The number of pyridine rings is 1. The lowest BCUT2D eigenvalue weighted by molar-refractivity contribution is 0.215. The van der Waals surface area contributed by atoms with Crippen molar-refractivity contribution in [3.8, 4) is 5.75 Å². The van der Waals surface area contributed by atoms with Crippen molar-refractivity contribution < 1.29 is 9.53 Å². The van der Waals surface area contributed by atoms with E-state index in [9.17, 15) is 9.70 Å². The molecule has 1 amide bonds. The molecule has 0 aliphatic rings. The van der Waals surface area contributed by atoms with Gasteiger partial charge in [-0.15, -0.1) is 4.91 Å². The number of nitrogens with zero attached hydrogens (tertiary/aromatic N) is 2. The fraction of sp³-hybridized carbons (Fsp3) is 0. The lowest BCUT2D eigenvalue weighted by Crippen LogP contribution is -2.16. The summed E-state index contributed by atoms with van der Waals surface area (Å²) >= 11 is 5.62. The number of benzene rings is 1. The molecule has 6 nitrogen and oxygen atoms in total. The number of amides is 1. The Balaban J connectivity index is 1.96. The number of hydrogen-bond donors (Lipinski definition) is 1. The van der Waals surface area contributed by atoms with Crippen LogP contribution >= 0.6 is 11.6 Å². The number of halogens is 1. The molecule has 0 atom stereocenters. The summed E-state index contributed by atoms with van der Waals surface area (Å²) in [5, 5.41) is 5.55. The number of ether oxygens (including phenoxy) is 1. The Bertz CT molecular complexity index is 584. The number of nitrogens with one attached hydrogen (secondary N) is 1. The van der Waals surface area contributed by atoms with Gasteiger partial charge in [-0.3, -0.25) is 5.32 Å². The third kappa shape index (κ3) is 3.75. The molecule has 19 heavy (non-hydrogen) atoms. The Labute approximate surface area is 113 Å². The smallest absolute Gasteiger partial charge is 0.410 e. The minimum absolute atomic E-state index is 0.259. The number of carbonyl (C=O) groups is 1. The van der Waals surface area contributed by atoms with E-state index in [1.165, 1.54) is 30.5 Å². The Hall–Kier alpha value is -2.47. The zero-order valence-electron chi connectivity index (χ0n) is 9.54. The van der Waals surface area contributed by atoms with Crippen molar-refractivity contribution in [2.24, 2.45) is 5.18 Å². The fourth-order valence-corrected chi connectivity index (χ4v) is 1.39. The van der Waals surface area contributed by atoms with Crippen LogP contribution in [0.15, 0.2) is 47.8 Å². The predicted molar refractivity (Wildman–Crippen MR) is 70.8 cm³/mol. The second-order valence-electron chi connectivity index (χ2n) is 3.47. The van der Waals surface area contributed by atoms with E-state index in [0.717, 1.165) is 0 Å². The van der Waals surface area contributed by atoms with Crippen LogP contribution in [0.2, 0.25) is 5.15 Å². The van der Waals surface area contributed by atoms with Crippen molar-refractivity contribution in [2.45, 2.75) is 0 Å². The highest BCUT2D eigenvalue weighted by atomic mass is 35.5. The van der Waals surface area contributed by atoms with E-state index in [4.69, 9.17) is 16.3 Å². The van der Waals surface area contributed by atoms with Crippen LogP contribution in [-0.4, -0.2) is 11.1 Å². The average Bonchev–Trinajstić information content (AvgIpc) is 2.42. The molecule has 2 rings (SSSR count). The van der Waals surface area contributed by atoms with Crippen molar-refractivity contribution in [3.05, 3.63) is 52.7 Å². The minimum atomic E-state index is -0.670. The van der Waals surface area contributed by atoms with Crippen LogP contribution in [0.4, 0.5) is 16.2 Å². The molecular weight excluding hydrogens is 270 g/mol. The lowest BCUT2D eigenvalue weighted by atomic mass is 10.3. The van der Waals surface area contributed by atoms with Crippen LogP contribution in [0.1, 0.15) is 0 Å². The summed E-state index contributed by atoms with van der Waals surface area (Å²) in [5.41, 5.74) is 0.718. The van der Waals surface area contributed by atoms with E-state index in [0.29, 0.717) is 16.6 Å². The van der Waals surface area contributed by atoms with Gasteiger partial charge in [0.1, 0.15) is 16.6 Å². The summed E-state index contributed by atoms with van der Waals surface area (Å²) in [7, 11) is 0. The van der Waals surface area contributed by atoms with Crippen LogP contribution in [0.25, 0.3) is 0 Å². The van der Waals surface area contributed by atoms with E-state index in [-0.39, 0.29) is 5.69 Å². The molecule has 0 radical (unpaired) electrons. The summed E-state index contributed by atoms with van der Waals surface area (Å²) < 4.78 is 4.99. The second kappa shape index (κ2) is 5.92. The summed E-state index contributed by atoms with van der Waals surface area (Å²) in [4.78, 5) is 25.6. The lowest BCUT2D eigenvalue weighted by Gasteiger charge is -2.06. The first-order valence-electron chi connectivity index (χ1n) is 5.21. The Morgan fingerprint density at radius 1 is 1.21 bits per heavy atom. The van der Waals surface area contributed by atoms with Gasteiger partial charge < -0.3 is 4.74 Å². The Kier molecular flexibility index (Phi) is 4.04. The third-order valence-corrected chi connectivity index (χ3v) is 2.35. The van der Waals surface area contributed by atoms with Crippen LogP contribution in [0.5, 0.6) is 5.75 Å². The van der Waals surface area contributed by atoms with Crippen molar-refractivity contribution in [3.63, 3.8) is 0 Å². The van der Waals surface area contributed by atoms with Gasteiger partial charge in [0.15, 0.2) is 0 Å². The highest BCUT2D eigenvalue weighted by Gasteiger charge is 2.05. The molecule has 1 aromatic heterocycles. The number of aromatic nitrogens is 1. The van der Waals surface area contributed by atoms with Gasteiger partial charge in [0.05, 0.1) is 11.9 Å². The van der Waals surface area contributed by atoms with Crippen molar-refractivity contribution >= 4 is 29.1 Å². The molecule has 0 unspecified atom stereocenters. The summed E-state index contributed by atoms with van der Waals surface area (Å²) in [6, 6.07) is 8.96. The first-order chi connectivity index (χ1) is 9.17. The quantitative estimate of drug-likeness (QED) is 0.684. The SMILES string of the molecule is O=Nc1ccc(OC(=O)Nc2ccc(Cl)nc2)cc1. The standard InChI is InChI=1S/C12H8ClN3O3/c13-11-6-3-9(7-14-11)15-12(17)19-10-4-1-8(16-18)2-5-10/h1-7H,(H,15,17). The largest absolute Gasteiger partial charge is 0.417 e. The van der Waals surface area contributed by atoms with Crippen LogP contribution < -0.4 is 10.1 Å². The Morgan fingerprint density at radius 2 is 1.95 bits per heavy atom. The summed E-state index contributed by atoms with van der Waals surface area (Å²) in [6.07, 6.45) is 0.735. The van der Waals surface area contributed by atoms with E-state index in [1.807, 2.05) is 0 Å². The van der Waals surface area contributed by atoms with Gasteiger partial charge in [-0.2, -0.15) is 0 Å². The molecule has 0 saturated carbocycles. The van der Waals surface area contributed by atoms with Gasteiger partial charge in [-0.05, 0) is 41.6 Å². The molecule has 96 valence electrons. The molecule has 1 N–H and O–H groups in total. The normalized spacial score (nSPS) is 9.74. The molecule has 0 saturated heterocycles. The molecule has 0 aliphatic heterocycles. The minimum Gasteiger partial charge on any atom is -0.410 e. The number of anilines is 1. The van der Waals surface area contributed by atoms with Gasteiger partial charge in [0, 0.05) is 0 Å². The maximum atomic E-state index is 11.5. The van der Waals surface area contributed by atoms with Crippen LogP contribution in [-0.2, 0) is 0 Å². The number of nitroso groups, excluding NO2 is 1. The zero-order chi connectivity index (χ0) is 13.7. The molecular formula is C12H8ClN3O3. The van der Waals surface area contributed by atoms with E-state index >= 15 is 0 Å². The van der Waals surface area contributed by atoms with Crippen molar-refractivity contribution in [1.82, 2.24) is 4.98 Å². The topological polar surface area (TPSA) is 80.6 Å². The highest BCUT2D eigenvalue weighted by Crippen LogP contribution is 2.18. The van der Waals surface area contributed by atoms with Gasteiger partial charge in [0.2, 0.25) is 0 Å². The molecule has 0 aliphatic carbocycles. The predicted octanol–water partition coefficient (Wildman–Crippen LogP) is 3.74. The van der Waals surface area contributed by atoms with Gasteiger partial charge in [0.25, 0.3) is 0 Å². The highest BCUT2D eigenvalue weighted by molar-refractivity contribution is 6.29. The fourth-order valence-electron chi connectivity index (χ4n) is 1.28. The Morgan fingerprint density at radius 3 is 2.53 bits per heavy atom. The maximum absolute atomic E-state index is 11.5. The number of hydrogen-bond acceptors (Lipinski definition) is 5. The van der Waals surface area contributed by atoms with Crippen molar-refractivity contribution in [1.29, 1.82) is 0 Å². The molecule has 0 bridgehead atoms.